The van der Waals surface area contributed by atoms with Crippen molar-refractivity contribution < 1.29 is 81.0 Å². The molecule has 1 fully saturated rings. The second-order valence-electron chi connectivity index (χ2n) is 25.5. The molecule has 5 heterocycles. The second kappa shape index (κ2) is 33.4. The number of carbonyl (C=O) groups is 9. The molecule has 11 rings (SSSR count). The van der Waals surface area contributed by atoms with Crippen LogP contribution < -0.4 is 46.9 Å². The molecule has 8 N–H and O–H groups in total. The van der Waals surface area contributed by atoms with E-state index in [-0.39, 0.29) is 134 Å². The van der Waals surface area contributed by atoms with E-state index in [2.05, 4.69) is 31.5 Å². The van der Waals surface area contributed by atoms with Gasteiger partial charge in [0.15, 0.2) is 6.10 Å². The molecule has 0 unspecified atom stereocenters. The maximum atomic E-state index is 14.2. The van der Waals surface area contributed by atoms with E-state index in [4.69, 9.17) is 59.3 Å². The van der Waals surface area contributed by atoms with Gasteiger partial charge in [0.05, 0.1) is 54.4 Å². The van der Waals surface area contributed by atoms with Crippen LogP contribution in [0.3, 0.4) is 0 Å². The van der Waals surface area contributed by atoms with E-state index >= 15 is 0 Å². The Hall–Kier alpha value is -12.6. The van der Waals surface area contributed by atoms with E-state index in [0.717, 1.165) is 22.3 Å². The van der Waals surface area contributed by atoms with Gasteiger partial charge in [-0.1, -0.05) is 60.7 Å². The molecule has 0 saturated carbocycles. The SMILES string of the molecule is CCn1nc(C)cc1C(=O)Nc1nc2cc(C(N)=O)cc(OC)c2n1C/C=C/Cn1c(NC(=O)c2cc(C)nn2CC)nc2cc(C(N)=O)cc(OCCCN(C)C(=O)OCc3ccc(O[C@H]4C[C@@H](OC(C)=O)[C@H](OC(C)=O)[C@@H](C)O4)cc3NC(=O)CCNC(=O)OCC3c4ccccc4-c4ccccc43)c21. The zero-order chi connectivity index (χ0) is 76.3. The fourth-order valence-corrected chi connectivity index (χ4v) is 12.9. The van der Waals surface area contributed by atoms with Gasteiger partial charge < -0.3 is 74.0 Å². The van der Waals surface area contributed by atoms with Crippen LogP contribution >= 0.6 is 0 Å². The molecular weight excluding hydrogens is 1380 g/mol. The molecule has 1 aliphatic heterocycles. The van der Waals surface area contributed by atoms with Crippen molar-refractivity contribution in [2.75, 3.05) is 56.4 Å². The van der Waals surface area contributed by atoms with Crippen LogP contribution in [0.15, 0.2) is 115 Å². The molecule has 7 amide bonds. The summed E-state index contributed by atoms with van der Waals surface area (Å²) >= 11 is 0. The normalized spacial score (nSPS) is 15.3. The number of nitrogens with zero attached hydrogens (tertiary/aromatic N) is 9. The Bertz CT molecular complexity index is 4890. The summed E-state index contributed by atoms with van der Waals surface area (Å²) in [5.74, 6) is -3.72. The first-order valence-corrected chi connectivity index (χ1v) is 34.7. The van der Waals surface area contributed by atoms with Crippen LogP contribution in [-0.2, 0) is 70.9 Å². The summed E-state index contributed by atoms with van der Waals surface area (Å²) in [6.45, 7) is 11.8. The van der Waals surface area contributed by atoms with E-state index in [0.29, 0.717) is 46.6 Å². The number of methoxy groups -OCH3 is 1. The highest BCUT2D eigenvalue weighted by Crippen LogP contribution is 2.45. The van der Waals surface area contributed by atoms with Crippen LogP contribution in [-0.4, -0.2) is 162 Å². The number of carbonyl (C=O) groups excluding carboxylic acids is 9. The molecule has 0 radical (unpaired) electrons. The van der Waals surface area contributed by atoms with Crippen LogP contribution in [0.4, 0.5) is 27.2 Å². The molecule has 4 aromatic heterocycles. The minimum Gasteiger partial charge on any atom is -0.494 e. The molecule has 9 aromatic rings. The van der Waals surface area contributed by atoms with E-state index in [1.165, 1.54) is 63.2 Å². The number of alkyl carbamates (subject to hydrolysis) is 1. The Labute approximate surface area is 613 Å². The van der Waals surface area contributed by atoms with E-state index in [1.54, 1.807) is 75.7 Å². The Morgan fingerprint density at radius 3 is 1.80 bits per heavy atom. The molecule has 4 atom stereocenters. The average Bonchev–Trinajstić information content (AvgIpc) is 1.49. The van der Waals surface area contributed by atoms with Crippen molar-refractivity contribution in [3.05, 3.63) is 166 Å². The van der Waals surface area contributed by atoms with Crippen LogP contribution in [0.1, 0.15) is 130 Å². The lowest BCUT2D eigenvalue weighted by molar-refractivity contribution is -0.233. The Kier molecular flexibility index (Phi) is 23.6. The number of primary amides is 2. The molecule has 1 aliphatic carbocycles. The third-order valence-electron chi connectivity index (χ3n) is 17.9. The maximum absolute atomic E-state index is 14.2. The number of aromatic nitrogens is 8. The number of imidazole rings is 2. The van der Waals surface area contributed by atoms with Crippen LogP contribution in [0.5, 0.6) is 17.2 Å². The van der Waals surface area contributed by atoms with Gasteiger partial charge in [0.2, 0.25) is 35.9 Å². The largest absolute Gasteiger partial charge is 0.494 e. The van der Waals surface area contributed by atoms with Gasteiger partial charge in [-0.3, -0.25) is 53.6 Å². The molecule has 1 saturated heterocycles. The minimum atomic E-state index is -1.02. The molecule has 0 spiro atoms. The quantitative estimate of drug-likeness (QED) is 0.0106. The highest BCUT2D eigenvalue weighted by molar-refractivity contribution is 6.06. The number of hydrogen-bond donors (Lipinski definition) is 6. The van der Waals surface area contributed by atoms with Crippen molar-refractivity contribution in [1.29, 1.82) is 0 Å². The first-order valence-electron chi connectivity index (χ1n) is 34.7. The Morgan fingerprint density at radius 1 is 0.692 bits per heavy atom. The molecule has 32 heteroatoms. The van der Waals surface area contributed by atoms with E-state index < -0.39 is 78.3 Å². The van der Waals surface area contributed by atoms with Gasteiger partial charge in [-0.25, -0.2) is 19.6 Å². The summed E-state index contributed by atoms with van der Waals surface area (Å²) in [5.41, 5.74) is 19.6. The topological polar surface area (TPSA) is 402 Å². The van der Waals surface area contributed by atoms with Gasteiger partial charge in [-0.2, -0.15) is 10.2 Å². The maximum Gasteiger partial charge on any atom is 0.409 e. The fourth-order valence-electron chi connectivity index (χ4n) is 12.9. The van der Waals surface area contributed by atoms with Crippen molar-refractivity contribution in [3.8, 4) is 28.4 Å². The number of hydrogen-bond acceptors (Lipinski definition) is 21. The Balaban J connectivity index is 0.788. The van der Waals surface area contributed by atoms with Crippen molar-refractivity contribution in [2.24, 2.45) is 11.5 Å². The first kappa shape index (κ1) is 75.5. The Morgan fingerprint density at radius 2 is 1.25 bits per heavy atom. The van der Waals surface area contributed by atoms with Crippen molar-refractivity contribution in [1.82, 2.24) is 48.9 Å². The summed E-state index contributed by atoms with van der Waals surface area (Å²) in [6.07, 6.45) is -1.59. The number of amides is 7. The number of anilines is 3. The summed E-state index contributed by atoms with van der Waals surface area (Å²) in [6, 6.07) is 29.7. The van der Waals surface area contributed by atoms with E-state index in [1.807, 2.05) is 62.4 Å². The van der Waals surface area contributed by atoms with Gasteiger partial charge in [0.25, 0.3) is 11.8 Å². The van der Waals surface area contributed by atoms with Crippen LogP contribution in [0.25, 0.3) is 33.2 Å². The van der Waals surface area contributed by atoms with Gasteiger partial charge in [0.1, 0.15) is 59.0 Å². The predicted octanol–water partition coefficient (Wildman–Crippen LogP) is 8.68. The summed E-state index contributed by atoms with van der Waals surface area (Å²) in [4.78, 5) is 129. The fraction of sp³-hybridized carbons (Fsp3) is 0.347. The number of nitrogens with one attached hydrogen (secondary N) is 4. The highest BCUT2D eigenvalue weighted by Gasteiger charge is 2.42. The van der Waals surface area contributed by atoms with Gasteiger partial charge in [-0.05, 0) is 112 Å². The third-order valence-corrected chi connectivity index (χ3v) is 17.9. The highest BCUT2D eigenvalue weighted by atomic mass is 16.7. The molecule has 2 aliphatic rings. The zero-order valence-corrected chi connectivity index (χ0v) is 60.5. The minimum absolute atomic E-state index is 0.0129. The summed E-state index contributed by atoms with van der Waals surface area (Å²) in [5, 5.41) is 20.2. The number of allylic oxidation sites excluding steroid dienone is 2. The average molecular weight is 1470 g/mol. The van der Waals surface area contributed by atoms with Crippen molar-refractivity contribution in [2.45, 2.75) is 131 Å². The smallest absolute Gasteiger partial charge is 0.409 e. The van der Waals surface area contributed by atoms with E-state index in [9.17, 15) is 43.2 Å². The number of fused-ring (bicyclic) bond motifs is 5. The predicted molar refractivity (Wildman–Crippen MR) is 390 cm³/mol. The number of ether oxygens (including phenoxy) is 8. The number of esters is 2. The van der Waals surface area contributed by atoms with Crippen molar-refractivity contribution in [3.63, 3.8) is 0 Å². The van der Waals surface area contributed by atoms with Gasteiger partial charge >= 0.3 is 24.1 Å². The lowest BCUT2D eigenvalue weighted by Crippen LogP contribution is -2.52. The molecule has 0 bridgehead atoms. The monoisotopic (exact) mass is 1470 g/mol. The second-order valence-corrected chi connectivity index (χ2v) is 25.5. The third kappa shape index (κ3) is 17.6. The number of rotatable bonds is 30. The van der Waals surface area contributed by atoms with Crippen LogP contribution in [0, 0.1) is 13.8 Å². The molecular formula is C75H83N15O17. The van der Waals surface area contributed by atoms with Gasteiger partial charge in [-0.15, -0.1) is 0 Å². The number of nitrogens with two attached hydrogens (primary N) is 2. The standard InChI is InChI=1S/C75H83N15O17/c1-10-89-58(31-41(3)84-89)70(96)82-72-80-56-33-47(68(76)94)35-60(100-9)65(56)87(72)28-16-17-29-88-66-57(81-73(88)83-71(97)59-32-42(4)85-90(59)11-2)34-48(69(77)95)36-61(66)101-30-18-27-86(8)75(99)103-39-46-23-24-49(107-64-38-62(105-44(6)91)67(43(5)104-64)106-45(7)92)37-55(46)79-63(93)25-26-78-74(98)102-40-54-52-21-14-12-19-50(52)51-20-13-15-22-53(51)54/h12-17,19-24,31-37,43,54,62,64,67H,10-11,18,25-30,38-40H2,1-9H3,(H2,76,94)(H2,77,95)(H,78,98)(H,79,93)(H,80,82,96)(H,81,83,97)/b17-16+/t43-,62-,64+,67-/m1/s1. The summed E-state index contributed by atoms with van der Waals surface area (Å²) < 4.78 is 53.5. The van der Waals surface area contributed by atoms with Crippen molar-refractivity contribution >= 4 is 93.3 Å². The first-order chi connectivity index (χ1) is 51.4. The molecule has 560 valence electrons. The number of benzene rings is 5. The van der Waals surface area contributed by atoms with Gasteiger partial charge in [0, 0.05) is 95.3 Å². The van der Waals surface area contributed by atoms with Crippen LogP contribution in [0.2, 0.25) is 0 Å². The lowest BCUT2D eigenvalue weighted by atomic mass is 9.98. The number of aryl methyl sites for hydroxylation is 4. The molecule has 32 nitrogen and oxygen atoms in total. The zero-order valence-electron chi connectivity index (χ0n) is 60.5. The molecule has 5 aromatic carbocycles. The lowest BCUT2D eigenvalue weighted by Gasteiger charge is -2.38. The molecule has 107 heavy (non-hydrogen) atoms. The summed E-state index contributed by atoms with van der Waals surface area (Å²) in [7, 11) is 2.94.